The number of aromatic amines is 1. The Kier molecular flexibility index (Phi) is 5.87. The van der Waals surface area contributed by atoms with Crippen LogP contribution in [-0.2, 0) is 17.8 Å². The summed E-state index contributed by atoms with van der Waals surface area (Å²) in [6.45, 7) is -0.377. The number of imide groups is 1. The van der Waals surface area contributed by atoms with Gasteiger partial charge in [0.25, 0.3) is 11.5 Å². The lowest BCUT2D eigenvalue weighted by atomic mass is 10.1. The van der Waals surface area contributed by atoms with Gasteiger partial charge in [0.2, 0.25) is 0 Å². The van der Waals surface area contributed by atoms with Crippen LogP contribution < -0.4 is 10.9 Å². The lowest BCUT2D eigenvalue weighted by Crippen LogP contribution is -2.30. The Morgan fingerprint density at radius 3 is 2.49 bits per heavy atom. The van der Waals surface area contributed by atoms with E-state index >= 15 is 0 Å². The van der Waals surface area contributed by atoms with Crippen LogP contribution in [0.25, 0.3) is 11.8 Å². The van der Waals surface area contributed by atoms with E-state index in [1.54, 1.807) is 24.3 Å². The smallest absolute Gasteiger partial charge is 0.303 e. The van der Waals surface area contributed by atoms with E-state index in [2.05, 4.69) is 10.4 Å². The fourth-order valence-corrected chi connectivity index (χ4v) is 4.52. The predicted molar refractivity (Wildman–Crippen MR) is 127 cm³/mol. The van der Waals surface area contributed by atoms with Gasteiger partial charge in [0.15, 0.2) is 0 Å². The third-order valence-electron chi connectivity index (χ3n) is 5.55. The maximum Gasteiger partial charge on any atom is 0.329 e. The molecule has 5 rings (SSSR count). The Labute approximate surface area is 201 Å². The van der Waals surface area contributed by atoms with Crippen molar-refractivity contribution in [1.29, 1.82) is 0 Å². The highest BCUT2D eigenvalue weighted by Gasteiger charge is 2.34. The molecule has 2 N–H and O–H groups in total. The quantitative estimate of drug-likeness (QED) is 0.313. The van der Waals surface area contributed by atoms with Gasteiger partial charge in [-0.2, -0.15) is 0 Å². The number of benzene rings is 2. The highest BCUT2D eigenvalue weighted by Crippen LogP contribution is 2.21. The average Bonchev–Trinajstić information content (AvgIpc) is 3.53. The van der Waals surface area contributed by atoms with Crippen molar-refractivity contribution in [2.24, 2.45) is 0 Å². The molecule has 0 aliphatic carbocycles. The van der Waals surface area contributed by atoms with E-state index in [-0.39, 0.29) is 28.9 Å². The number of aromatic nitrogens is 2. The fourth-order valence-electron chi connectivity index (χ4n) is 3.81. The molecule has 4 aromatic rings. The zero-order valence-electron chi connectivity index (χ0n) is 18.1. The van der Waals surface area contributed by atoms with Crippen molar-refractivity contribution in [2.75, 3.05) is 0 Å². The van der Waals surface area contributed by atoms with Crippen molar-refractivity contribution >= 4 is 29.4 Å². The second-order valence-corrected chi connectivity index (χ2v) is 8.88. The molecular weight excluding hydrogens is 474 g/mol. The molecule has 3 heterocycles. The molecule has 0 radical (unpaired) electrons. The summed E-state index contributed by atoms with van der Waals surface area (Å²) < 4.78 is 28.7. The molecule has 3 amide bonds. The minimum Gasteiger partial charge on any atom is -0.303 e. The minimum atomic E-state index is -0.863. The number of rotatable bonds is 6. The molecule has 0 saturated carbocycles. The van der Waals surface area contributed by atoms with E-state index in [1.165, 1.54) is 28.2 Å². The second kappa shape index (κ2) is 9.15. The fraction of sp³-hybridized carbons (Fsp3) is 0.0800. The van der Waals surface area contributed by atoms with Gasteiger partial charge in [0, 0.05) is 22.9 Å². The van der Waals surface area contributed by atoms with E-state index in [0.717, 1.165) is 15.8 Å². The molecular formula is C25H18F2N4O3S. The molecule has 10 heteroatoms. The first-order chi connectivity index (χ1) is 16.9. The van der Waals surface area contributed by atoms with Crippen molar-refractivity contribution in [1.82, 2.24) is 20.0 Å². The zero-order valence-corrected chi connectivity index (χ0v) is 18.9. The van der Waals surface area contributed by atoms with Gasteiger partial charge in [-0.3, -0.25) is 19.6 Å². The summed E-state index contributed by atoms with van der Waals surface area (Å²) in [5, 5.41) is 7.49. The van der Waals surface area contributed by atoms with Crippen molar-refractivity contribution in [3.05, 3.63) is 115 Å². The van der Waals surface area contributed by atoms with Gasteiger partial charge in [-0.05, 0) is 35.7 Å². The first-order valence-corrected chi connectivity index (χ1v) is 11.5. The number of carbonyl (C=O) groups excluding carboxylic acids is 2. The van der Waals surface area contributed by atoms with Crippen molar-refractivity contribution in [3.63, 3.8) is 0 Å². The molecule has 0 atom stereocenters. The Bertz CT molecular complexity index is 1510. The highest BCUT2D eigenvalue weighted by molar-refractivity contribution is 7.09. The van der Waals surface area contributed by atoms with E-state index in [0.29, 0.717) is 23.9 Å². The molecule has 7 nitrogen and oxygen atoms in total. The van der Waals surface area contributed by atoms with E-state index in [1.807, 2.05) is 23.6 Å². The normalized spacial score (nSPS) is 14.7. The first kappa shape index (κ1) is 22.5. The minimum absolute atomic E-state index is 0.0115. The SMILES string of the molecule is O=C1NC(=Cc2c(Cc3cccs3)[nH]n(-c3ccccc3)c2=O)C(=O)N1Cc1ccc(F)cc1F. The van der Waals surface area contributed by atoms with Crippen molar-refractivity contribution in [2.45, 2.75) is 13.0 Å². The van der Waals surface area contributed by atoms with Crippen LogP contribution in [0.1, 0.15) is 21.7 Å². The third kappa shape index (κ3) is 4.43. The Balaban J connectivity index is 1.51. The number of nitrogens with one attached hydrogen (secondary N) is 2. The molecule has 1 saturated heterocycles. The number of hydrogen-bond acceptors (Lipinski definition) is 4. The topological polar surface area (TPSA) is 87.2 Å². The standard InChI is InChI=1S/C25H18F2N4O3S/c26-16-9-8-15(20(27)11-16)14-30-24(33)22(28-25(30)34)13-19-21(12-18-7-4-10-35-18)29-31(23(19)32)17-5-2-1-3-6-17/h1-11,13,29H,12,14H2,(H,28,34). The van der Waals surface area contributed by atoms with Crippen LogP contribution in [0.15, 0.2) is 76.5 Å². The van der Waals surface area contributed by atoms with Crippen molar-refractivity contribution < 1.29 is 18.4 Å². The molecule has 0 spiro atoms. The maximum absolute atomic E-state index is 14.1. The van der Waals surface area contributed by atoms with E-state index in [9.17, 15) is 23.2 Å². The number of urea groups is 1. The van der Waals surface area contributed by atoms with Crippen LogP contribution >= 0.6 is 11.3 Å². The van der Waals surface area contributed by atoms with Crippen LogP contribution in [0, 0.1) is 11.6 Å². The van der Waals surface area contributed by atoms with E-state index < -0.39 is 23.6 Å². The molecule has 176 valence electrons. The van der Waals surface area contributed by atoms with Gasteiger partial charge >= 0.3 is 6.03 Å². The average molecular weight is 493 g/mol. The van der Waals surface area contributed by atoms with Crippen LogP contribution in [0.5, 0.6) is 0 Å². The molecule has 0 unspecified atom stereocenters. The number of H-pyrrole nitrogens is 1. The molecule has 2 aromatic carbocycles. The summed E-state index contributed by atoms with van der Waals surface area (Å²) in [5.74, 6) is -2.34. The number of hydrogen-bond donors (Lipinski definition) is 2. The van der Waals surface area contributed by atoms with E-state index in [4.69, 9.17) is 0 Å². The van der Waals surface area contributed by atoms with Gasteiger partial charge in [-0.25, -0.2) is 18.3 Å². The molecule has 2 aromatic heterocycles. The number of thiophene rings is 1. The van der Waals surface area contributed by atoms with Gasteiger partial charge in [-0.15, -0.1) is 11.3 Å². The first-order valence-electron chi connectivity index (χ1n) is 10.6. The van der Waals surface area contributed by atoms with Crippen LogP contribution in [0.3, 0.4) is 0 Å². The Morgan fingerprint density at radius 1 is 0.971 bits per heavy atom. The molecule has 35 heavy (non-hydrogen) atoms. The predicted octanol–water partition coefficient (Wildman–Crippen LogP) is 4.19. The summed E-state index contributed by atoms with van der Waals surface area (Å²) in [4.78, 5) is 40.6. The summed E-state index contributed by atoms with van der Waals surface area (Å²) in [6, 6.07) is 15.0. The van der Waals surface area contributed by atoms with Crippen molar-refractivity contribution in [3.8, 4) is 5.69 Å². The van der Waals surface area contributed by atoms with Gasteiger partial charge in [0.1, 0.15) is 17.3 Å². The van der Waals surface area contributed by atoms with Gasteiger partial charge in [-0.1, -0.05) is 30.3 Å². The maximum atomic E-state index is 14.1. The summed E-state index contributed by atoms with van der Waals surface area (Å²) in [7, 11) is 0. The lowest BCUT2D eigenvalue weighted by molar-refractivity contribution is -0.123. The van der Waals surface area contributed by atoms with Crippen LogP contribution in [0.2, 0.25) is 0 Å². The number of carbonyl (C=O) groups is 2. The summed E-state index contributed by atoms with van der Waals surface area (Å²) in [5.41, 5.74) is 0.897. The van der Waals surface area contributed by atoms with Crippen LogP contribution in [0.4, 0.5) is 13.6 Å². The van der Waals surface area contributed by atoms with Gasteiger partial charge in [0.05, 0.1) is 23.5 Å². The molecule has 1 fully saturated rings. The molecule has 0 bridgehead atoms. The number of para-hydroxylation sites is 1. The van der Waals surface area contributed by atoms with Crippen LogP contribution in [-0.4, -0.2) is 26.6 Å². The Hall–Kier alpha value is -4.31. The summed E-state index contributed by atoms with van der Waals surface area (Å²) >= 11 is 1.53. The Morgan fingerprint density at radius 2 is 1.77 bits per heavy atom. The molecule has 1 aliphatic heterocycles. The number of halogens is 2. The molecule has 1 aliphatic rings. The second-order valence-electron chi connectivity index (χ2n) is 7.85. The number of nitrogens with zero attached hydrogens (tertiary/aromatic N) is 2. The lowest BCUT2D eigenvalue weighted by Gasteiger charge is -2.12. The zero-order chi connectivity index (χ0) is 24.5. The largest absolute Gasteiger partial charge is 0.329 e. The highest BCUT2D eigenvalue weighted by atomic mass is 32.1. The summed E-state index contributed by atoms with van der Waals surface area (Å²) in [6.07, 6.45) is 1.75. The third-order valence-corrected chi connectivity index (χ3v) is 6.42. The number of amides is 3. The monoisotopic (exact) mass is 492 g/mol. The van der Waals surface area contributed by atoms with Gasteiger partial charge < -0.3 is 5.32 Å².